The van der Waals surface area contributed by atoms with Crippen LogP contribution in [0.4, 0.5) is 5.69 Å². The van der Waals surface area contributed by atoms with Crippen molar-refractivity contribution in [3.05, 3.63) is 22.2 Å². The Morgan fingerprint density at radius 2 is 1.88 bits per heavy atom. The number of hydrogen-bond donors (Lipinski definition) is 3. The van der Waals surface area contributed by atoms with E-state index in [4.69, 9.17) is 34.0 Å². The van der Waals surface area contributed by atoms with Crippen LogP contribution in [0, 0.1) is 0 Å². The summed E-state index contributed by atoms with van der Waals surface area (Å²) < 4.78 is 26.1. The number of nitrogens with one attached hydrogen (secondary N) is 1. The van der Waals surface area contributed by atoms with E-state index in [9.17, 15) is 8.42 Å². The first kappa shape index (κ1) is 14.5. The Hall–Kier alpha value is -0.530. The topological polar surface area (TPSA) is 92.4 Å². The quantitative estimate of drug-likeness (QED) is 0.729. The fraction of sp³-hybridized carbons (Fsp3) is 0.333. The van der Waals surface area contributed by atoms with Crippen LogP contribution in [-0.2, 0) is 10.0 Å². The maximum atomic E-state index is 11.9. The number of nitrogens with two attached hydrogens (primary N) is 1. The molecule has 8 heteroatoms. The Balaban J connectivity index is 3.25. The monoisotopic (exact) mass is 298 g/mol. The van der Waals surface area contributed by atoms with Gasteiger partial charge in [-0.2, -0.15) is 0 Å². The number of aliphatic hydroxyl groups excluding tert-OH is 1. The molecule has 0 bridgehead atoms. The number of sulfonamides is 1. The van der Waals surface area contributed by atoms with E-state index in [1.54, 1.807) is 0 Å². The van der Waals surface area contributed by atoms with Gasteiger partial charge in [-0.05, 0) is 19.1 Å². The first-order chi connectivity index (χ1) is 7.77. The summed E-state index contributed by atoms with van der Waals surface area (Å²) >= 11 is 11.6. The molecule has 1 rings (SSSR count). The summed E-state index contributed by atoms with van der Waals surface area (Å²) in [5.41, 5.74) is 5.75. The molecule has 0 heterocycles. The van der Waals surface area contributed by atoms with Crippen molar-refractivity contribution in [2.45, 2.75) is 17.9 Å². The molecule has 0 aromatic heterocycles. The molecule has 0 unspecified atom stereocenters. The summed E-state index contributed by atoms with van der Waals surface area (Å²) in [6.07, 6.45) is 0. The molecule has 0 aliphatic carbocycles. The molecule has 0 radical (unpaired) electrons. The van der Waals surface area contributed by atoms with Gasteiger partial charge in [0.1, 0.15) is 4.90 Å². The predicted octanol–water partition coefficient (Wildman–Crippen LogP) is 1.23. The van der Waals surface area contributed by atoms with Crippen LogP contribution in [0.3, 0.4) is 0 Å². The molecule has 4 N–H and O–H groups in total. The van der Waals surface area contributed by atoms with E-state index in [-0.39, 0.29) is 27.2 Å². The highest BCUT2D eigenvalue weighted by Gasteiger charge is 2.23. The zero-order chi connectivity index (χ0) is 13.2. The number of anilines is 1. The van der Waals surface area contributed by atoms with Crippen molar-refractivity contribution in [1.29, 1.82) is 0 Å². The first-order valence-corrected chi connectivity index (χ1v) is 6.89. The van der Waals surface area contributed by atoms with E-state index in [0.717, 1.165) is 0 Å². The maximum Gasteiger partial charge on any atom is 0.243 e. The van der Waals surface area contributed by atoms with Crippen LogP contribution in [0.25, 0.3) is 0 Å². The standard InChI is InChI=1S/C9H12Cl2N2O3S/c1-5(4-14)13-17(15,16)9-7(10)2-6(12)3-8(9)11/h2-3,5,13-14H,4,12H2,1H3/t5-/m1/s1. The van der Waals surface area contributed by atoms with E-state index in [2.05, 4.69) is 4.72 Å². The van der Waals surface area contributed by atoms with Gasteiger partial charge in [-0.25, -0.2) is 13.1 Å². The number of aliphatic hydroxyl groups is 1. The molecule has 0 aliphatic rings. The molecule has 1 aromatic rings. The van der Waals surface area contributed by atoms with Gasteiger partial charge in [0.15, 0.2) is 0 Å². The average molecular weight is 299 g/mol. The van der Waals surface area contributed by atoms with Gasteiger partial charge in [-0.3, -0.25) is 0 Å². The lowest BCUT2D eigenvalue weighted by Gasteiger charge is -2.14. The third-order valence-corrected chi connectivity index (χ3v) is 4.43. The Kier molecular flexibility index (Phi) is 4.62. The minimum Gasteiger partial charge on any atom is -0.399 e. The van der Waals surface area contributed by atoms with E-state index >= 15 is 0 Å². The summed E-state index contributed by atoms with van der Waals surface area (Å²) in [5.74, 6) is 0. The molecule has 0 fully saturated rings. The lowest BCUT2D eigenvalue weighted by atomic mass is 10.3. The minimum atomic E-state index is -3.88. The van der Waals surface area contributed by atoms with Gasteiger partial charge in [0.25, 0.3) is 0 Å². The van der Waals surface area contributed by atoms with Crippen LogP contribution < -0.4 is 10.5 Å². The highest BCUT2D eigenvalue weighted by molar-refractivity contribution is 7.89. The molecule has 5 nitrogen and oxygen atoms in total. The van der Waals surface area contributed by atoms with E-state index in [0.29, 0.717) is 0 Å². The van der Waals surface area contributed by atoms with Gasteiger partial charge in [-0.15, -0.1) is 0 Å². The van der Waals surface area contributed by atoms with Crippen molar-refractivity contribution in [2.24, 2.45) is 0 Å². The van der Waals surface area contributed by atoms with Crippen LogP contribution in [-0.4, -0.2) is 26.2 Å². The van der Waals surface area contributed by atoms with E-state index in [1.165, 1.54) is 19.1 Å². The van der Waals surface area contributed by atoms with Crippen molar-refractivity contribution < 1.29 is 13.5 Å². The second kappa shape index (κ2) is 5.41. The molecule has 0 aliphatic heterocycles. The van der Waals surface area contributed by atoms with Crippen LogP contribution >= 0.6 is 23.2 Å². The molecular weight excluding hydrogens is 287 g/mol. The van der Waals surface area contributed by atoms with Crippen LogP contribution in [0.5, 0.6) is 0 Å². The van der Waals surface area contributed by atoms with Gasteiger partial charge < -0.3 is 10.8 Å². The zero-order valence-corrected chi connectivity index (χ0v) is 11.3. The minimum absolute atomic E-state index is 0.0624. The van der Waals surface area contributed by atoms with Crippen molar-refractivity contribution in [3.63, 3.8) is 0 Å². The SMILES string of the molecule is C[C@H](CO)NS(=O)(=O)c1c(Cl)cc(N)cc1Cl. The van der Waals surface area contributed by atoms with Crippen molar-refractivity contribution >= 4 is 38.9 Å². The number of hydrogen-bond acceptors (Lipinski definition) is 4. The molecule has 96 valence electrons. The average Bonchev–Trinajstić information content (AvgIpc) is 2.14. The van der Waals surface area contributed by atoms with Gasteiger partial charge in [0.2, 0.25) is 10.0 Å². The summed E-state index contributed by atoms with van der Waals surface area (Å²) in [5, 5.41) is 8.69. The third kappa shape index (κ3) is 3.46. The lowest BCUT2D eigenvalue weighted by molar-refractivity contribution is 0.265. The number of halogens is 2. The molecule has 0 saturated carbocycles. The molecule has 1 atom stereocenters. The number of benzene rings is 1. The Labute approximate surface area is 110 Å². The van der Waals surface area contributed by atoms with E-state index < -0.39 is 16.1 Å². The number of rotatable bonds is 4. The van der Waals surface area contributed by atoms with E-state index in [1.807, 2.05) is 0 Å². The molecule has 0 amide bonds. The summed E-state index contributed by atoms with van der Waals surface area (Å²) in [4.78, 5) is -0.240. The normalized spacial score (nSPS) is 13.6. The number of nitrogen functional groups attached to an aromatic ring is 1. The zero-order valence-electron chi connectivity index (χ0n) is 8.94. The smallest absolute Gasteiger partial charge is 0.243 e. The Bertz CT molecular complexity index is 496. The molecule has 0 spiro atoms. The largest absolute Gasteiger partial charge is 0.399 e. The van der Waals surface area contributed by atoms with Crippen molar-refractivity contribution in [3.8, 4) is 0 Å². The summed E-state index contributed by atoms with van der Waals surface area (Å²) in [7, 11) is -3.88. The fourth-order valence-electron chi connectivity index (χ4n) is 1.20. The molecule has 1 aromatic carbocycles. The van der Waals surface area contributed by atoms with Crippen LogP contribution in [0.2, 0.25) is 10.0 Å². The van der Waals surface area contributed by atoms with Crippen molar-refractivity contribution in [1.82, 2.24) is 4.72 Å². The molecule has 17 heavy (non-hydrogen) atoms. The maximum absolute atomic E-state index is 11.9. The summed E-state index contributed by atoms with van der Waals surface area (Å²) in [6, 6.07) is 1.96. The third-order valence-electron chi connectivity index (χ3n) is 1.92. The summed E-state index contributed by atoms with van der Waals surface area (Å²) in [6.45, 7) is 1.18. The van der Waals surface area contributed by atoms with Gasteiger partial charge in [-0.1, -0.05) is 23.2 Å². The van der Waals surface area contributed by atoms with Crippen LogP contribution in [0.1, 0.15) is 6.92 Å². The Morgan fingerprint density at radius 1 is 1.41 bits per heavy atom. The predicted molar refractivity (Wildman–Crippen MR) is 67.7 cm³/mol. The highest BCUT2D eigenvalue weighted by atomic mass is 35.5. The molecular formula is C9H12Cl2N2O3S. The lowest BCUT2D eigenvalue weighted by Crippen LogP contribution is -2.35. The fourth-order valence-corrected chi connectivity index (χ4v) is 3.66. The highest BCUT2D eigenvalue weighted by Crippen LogP contribution is 2.31. The Morgan fingerprint density at radius 3 is 2.29 bits per heavy atom. The van der Waals surface area contributed by atoms with Gasteiger partial charge in [0.05, 0.1) is 16.7 Å². The first-order valence-electron chi connectivity index (χ1n) is 4.65. The van der Waals surface area contributed by atoms with Gasteiger partial charge in [0, 0.05) is 11.7 Å². The van der Waals surface area contributed by atoms with Crippen molar-refractivity contribution in [2.75, 3.05) is 12.3 Å². The van der Waals surface area contributed by atoms with Crippen LogP contribution in [0.15, 0.2) is 17.0 Å². The second-order valence-corrected chi connectivity index (χ2v) is 5.98. The van der Waals surface area contributed by atoms with Gasteiger partial charge >= 0.3 is 0 Å². The second-order valence-electron chi connectivity index (χ2n) is 3.52. The molecule has 0 saturated heterocycles.